The Morgan fingerprint density at radius 2 is 0.723 bits per heavy atom. The summed E-state index contributed by atoms with van der Waals surface area (Å²) in [6.07, 6.45) is 42.9. The van der Waals surface area contributed by atoms with Crippen LogP contribution in [-0.2, 0) is 9.59 Å². The summed E-state index contributed by atoms with van der Waals surface area (Å²) in [6, 6.07) is 0. The van der Waals surface area contributed by atoms with Crippen molar-refractivity contribution in [3.63, 3.8) is 0 Å². The highest BCUT2D eigenvalue weighted by molar-refractivity contribution is 5.76. The number of rotatable bonds is 36. The second kappa shape index (κ2) is 35.6. The molecule has 0 heterocycles. The van der Waals surface area contributed by atoms with Crippen LogP contribution >= 0.6 is 0 Å². The summed E-state index contributed by atoms with van der Waals surface area (Å²) >= 11 is 0. The molecule has 0 rings (SSSR count). The maximum atomic E-state index is 12.5. The van der Waals surface area contributed by atoms with E-state index in [0.29, 0.717) is 39.0 Å². The zero-order valence-corrected chi connectivity index (χ0v) is 31.4. The van der Waals surface area contributed by atoms with Gasteiger partial charge < -0.3 is 22.1 Å². The number of carbonyl (C=O) groups excluding carboxylic acids is 2. The minimum absolute atomic E-state index is 0.0496. The molecule has 6 N–H and O–H groups in total. The molecule has 0 saturated heterocycles. The van der Waals surface area contributed by atoms with Gasteiger partial charge in [-0.25, -0.2) is 0 Å². The minimum atomic E-state index is -0.504. The van der Waals surface area contributed by atoms with Gasteiger partial charge in [0.05, 0.1) is 0 Å². The Kier molecular flexibility index (Phi) is 34.4. The standard InChI is InChI=1S/C41H80N4O2/c1-3-5-7-9-11-13-15-17-19-21-23-25-27-29-31-33-39(46)44-37-41(35-42,36-43)38-45-40(47)34-32-30-28-26-24-22-20-18-16-14-12-10-8-6-4-2/h17-20H,3-16,21-38,42-43H2,1-2H3,(H,44,46)(H,45,47)/b19-17-,20-18-. The molecule has 0 aliphatic rings. The molecule has 0 aromatic carbocycles. The van der Waals surface area contributed by atoms with Crippen molar-refractivity contribution in [1.82, 2.24) is 10.6 Å². The van der Waals surface area contributed by atoms with Gasteiger partial charge >= 0.3 is 0 Å². The molecule has 0 aliphatic heterocycles. The molecule has 0 spiro atoms. The lowest BCUT2D eigenvalue weighted by Gasteiger charge is -2.31. The molecule has 0 fully saturated rings. The lowest BCUT2D eigenvalue weighted by Crippen LogP contribution is -2.53. The second-order valence-corrected chi connectivity index (χ2v) is 14.1. The largest absolute Gasteiger partial charge is 0.355 e. The first-order valence-electron chi connectivity index (χ1n) is 20.3. The molecule has 0 unspecified atom stereocenters. The molecule has 47 heavy (non-hydrogen) atoms. The number of carbonyl (C=O) groups is 2. The summed E-state index contributed by atoms with van der Waals surface area (Å²) in [7, 11) is 0. The lowest BCUT2D eigenvalue weighted by atomic mass is 9.87. The first-order chi connectivity index (χ1) is 23.0. The Labute approximate surface area is 292 Å². The van der Waals surface area contributed by atoms with Crippen molar-refractivity contribution < 1.29 is 9.59 Å². The summed E-state index contributed by atoms with van der Waals surface area (Å²) in [5, 5.41) is 6.07. The summed E-state index contributed by atoms with van der Waals surface area (Å²) in [5.74, 6) is 0.0991. The van der Waals surface area contributed by atoms with E-state index in [9.17, 15) is 9.59 Å². The predicted octanol–water partition coefficient (Wildman–Crippen LogP) is 10.2. The number of hydrogen-bond donors (Lipinski definition) is 4. The topological polar surface area (TPSA) is 110 Å². The van der Waals surface area contributed by atoms with Gasteiger partial charge in [0.25, 0.3) is 0 Å². The molecule has 0 saturated carbocycles. The van der Waals surface area contributed by atoms with Gasteiger partial charge in [-0.2, -0.15) is 0 Å². The molecule has 6 nitrogen and oxygen atoms in total. The Hall–Kier alpha value is -1.66. The molecule has 0 aliphatic carbocycles. The van der Waals surface area contributed by atoms with Crippen molar-refractivity contribution >= 4 is 11.8 Å². The van der Waals surface area contributed by atoms with Crippen LogP contribution in [0.25, 0.3) is 0 Å². The highest BCUT2D eigenvalue weighted by Gasteiger charge is 2.28. The van der Waals surface area contributed by atoms with Crippen LogP contribution in [0.3, 0.4) is 0 Å². The van der Waals surface area contributed by atoms with Crippen molar-refractivity contribution in [2.45, 2.75) is 194 Å². The van der Waals surface area contributed by atoms with Crippen LogP contribution in [0.5, 0.6) is 0 Å². The fraction of sp³-hybridized carbons (Fsp3) is 0.854. The van der Waals surface area contributed by atoms with E-state index in [4.69, 9.17) is 11.5 Å². The van der Waals surface area contributed by atoms with E-state index in [1.165, 1.54) is 141 Å². The van der Waals surface area contributed by atoms with Crippen LogP contribution in [0.1, 0.15) is 194 Å². The van der Waals surface area contributed by atoms with E-state index < -0.39 is 5.41 Å². The number of amides is 2. The molecular formula is C41H80N4O2. The summed E-state index contributed by atoms with van der Waals surface area (Å²) in [6.45, 7) is 5.98. The van der Waals surface area contributed by atoms with Crippen molar-refractivity contribution in [2.75, 3.05) is 26.2 Å². The van der Waals surface area contributed by atoms with Crippen LogP contribution in [0.2, 0.25) is 0 Å². The van der Waals surface area contributed by atoms with Gasteiger partial charge in [-0.1, -0.05) is 141 Å². The third-order valence-corrected chi connectivity index (χ3v) is 9.52. The Balaban J connectivity index is 3.81. The average Bonchev–Trinajstić information content (AvgIpc) is 3.08. The maximum absolute atomic E-state index is 12.5. The monoisotopic (exact) mass is 661 g/mol. The summed E-state index contributed by atoms with van der Waals surface area (Å²) in [4.78, 5) is 24.9. The van der Waals surface area contributed by atoms with E-state index in [1.807, 2.05) is 0 Å². The van der Waals surface area contributed by atoms with Crippen molar-refractivity contribution in [3.8, 4) is 0 Å². The second-order valence-electron chi connectivity index (χ2n) is 14.1. The van der Waals surface area contributed by atoms with Gasteiger partial charge in [-0.15, -0.1) is 0 Å². The number of allylic oxidation sites excluding steroid dienone is 4. The van der Waals surface area contributed by atoms with E-state index in [2.05, 4.69) is 48.8 Å². The Morgan fingerprint density at radius 3 is 1.02 bits per heavy atom. The fourth-order valence-electron chi connectivity index (χ4n) is 5.90. The molecule has 0 bridgehead atoms. The molecule has 276 valence electrons. The molecule has 0 radical (unpaired) electrons. The molecular weight excluding hydrogens is 580 g/mol. The Bertz CT molecular complexity index is 690. The number of hydrogen-bond acceptors (Lipinski definition) is 4. The van der Waals surface area contributed by atoms with E-state index >= 15 is 0 Å². The summed E-state index contributed by atoms with van der Waals surface area (Å²) < 4.78 is 0. The SMILES string of the molecule is CCCCCCCC/C=C\CCCCCCCC(=O)NCC(CN)(CN)CNC(=O)CCCCCCC/C=C\CCCCCCCC. The molecule has 2 amide bonds. The van der Waals surface area contributed by atoms with Gasteiger partial charge in [-0.05, 0) is 64.2 Å². The zero-order valence-electron chi connectivity index (χ0n) is 31.4. The highest BCUT2D eigenvalue weighted by atomic mass is 16.2. The van der Waals surface area contributed by atoms with E-state index in [-0.39, 0.29) is 11.8 Å². The third kappa shape index (κ3) is 31.4. The average molecular weight is 661 g/mol. The van der Waals surface area contributed by atoms with Crippen LogP contribution in [0.4, 0.5) is 0 Å². The number of unbranched alkanes of at least 4 members (excludes halogenated alkanes) is 22. The van der Waals surface area contributed by atoms with Crippen molar-refractivity contribution in [2.24, 2.45) is 16.9 Å². The third-order valence-electron chi connectivity index (χ3n) is 9.52. The van der Waals surface area contributed by atoms with Crippen LogP contribution in [0.15, 0.2) is 24.3 Å². The number of nitrogens with two attached hydrogens (primary N) is 2. The van der Waals surface area contributed by atoms with E-state index in [0.717, 1.165) is 25.7 Å². The lowest BCUT2D eigenvalue weighted by molar-refractivity contribution is -0.121. The van der Waals surface area contributed by atoms with Crippen LogP contribution in [0, 0.1) is 5.41 Å². The van der Waals surface area contributed by atoms with E-state index in [1.54, 1.807) is 0 Å². The molecule has 6 heteroatoms. The predicted molar refractivity (Wildman–Crippen MR) is 205 cm³/mol. The quantitative estimate of drug-likeness (QED) is 0.0396. The highest BCUT2D eigenvalue weighted by Crippen LogP contribution is 2.14. The Morgan fingerprint density at radius 1 is 0.447 bits per heavy atom. The molecule has 0 atom stereocenters. The van der Waals surface area contributed by atoms with Gasteiger partial charge in [0.1, 0.15) is 0 Å². The van der Waals surface area contributed by atoms with Crippen LogP contribution in [-0.4, -0.2) is 38.0 Å². The fourth-order valence-corrected chi connectivity index (χ4v) is 5.90. The van der Waals surface area contributed by atoms with Crippen molar-refractivity contribution in [1.29, 1.82) is 0 Å². The minimum Gasteiger partial charge on any atom is -0.355 e. The van der Waals surface area contributed by atoms with Crippen molar-refractivity contribution in [3.05, 3.63) is 24.3 Å². The maximum Gasteiger partial charge on any atom is 0.220 e. The summed E-state index contributed by atoms with van der Waals surface area (Å²) in [5.41, 5.74) is 11.6. The first-order valence-corrected chi connectivity index (χ1v) is 20.3. The van der Waals surface area contributed by atoms with Gasteiger partial charge in [-0.3, -0.25) is 9.59 Å². The van der Waals surface area contributed by atoms with Gasteiger partial charge in [0, 0.05) is 44.4 Å². The smallest absolute Gasteiger partial charge is 0.220 e. The molecule has 0 aromatic rings. The number of nitrogens with one attached hydrogen (secondary N) is 2. The van der Waals surface area contributed by atoms with Crippen LogP contribution < -0.4 is 22.1 Å². The van der Waals surface area contributed by atoms with Gasteiger partial charge in [0.2, 0.25) is 11.8 Å². The first kappa shape index (κ1) is 45.3. The molecule has 0 aromatic heterocycles. The van der Waals surface area contributed by atoms with Gasteiger partial charge in [0.15, 0.2) is 0 Å². The zero-order chi connectivity index (χ0) is 34.5. The normalized spacial score (nSPS) is 12.0.